The number of carboxylic acids is 1. The molecule has 0 aliphatic carbocycles. The maximum Gasteiger partial charge on any atom is 0.307 e. The van der Waals surface area contributed by atoms with Crippen LogP contribution in [0.25, 0.3) is 11.1 Å². The lowest BCUT2D eigenvalue weighted by atomic mass is 10.0. The Bertz CT molecular complexity index is 1040. The van der Waals surface area contributed by atoms with E-state index in [-0.39, 0.29) is 13.0 Å². The molecule has 3 aromatic rings. The van der Waals surface area contributed by atoms with Crippen LogP contribution in [0.3, 0.4) is 0 Å². The summed E-state index contributed by atoms with van der Waals surface area (Å²) in [6, 6.07) is 23.2. The second-order valence-corrected chi connectivity index (χ2v) is 7.10. The van der Waals surface area contributed by atoms with Gasteiger partial charge in [0.1, 0.15) is 18.1 Å². The number of oxime groups is 1. The van der Waals surface area contributed by atoms with Gasteiger partial charge in [0.25, 0.3) is 0 Å². The van der Waals surface area contributed by atoms with Crippen molar-refractivity contribution in [2.75, 3.05) is 20.3 Å². The van der Waals surface area contributed by atoms with Crippen molar-refractivity contribution in [3.8, 4) is 22.6 Å². The van der Waals surface area contributed by atoms with E-state index in [0.717, 1.165) is 34.6 Å². The van der Waals surface area contributed by atoms with Crippen molar-refractivity contribution < 1.29 is 24.2 Å². The third-order valence-corrected chi connectivity index (χ3v) is 4.85. The van der Waals surface area contributed by atoms with Gasteiger partial charge in [-0.15, -0.1) is 0 Å². The van der Waals surface area contributed by atoms with E-state index in [9.17, 15) is 4.79 Å². The molecule has 0 radical (unpaired) electrons. The third-order valence-electron chi connectivity index (χ3n) is 4.85. The summed E-state index contributed by atoms with van der Waals surface area (Å²) in [5.41, 5.74) is 4.79. The third kappa shape index (κ3) is 6.60. The van der Waals surface area contributed by atoms with Gasteiger partial charge in [-0.3, -0.25) is 4.79 Å². The zero-order chi connectivity index (χ0) is 22.8. The highest BCUT2D eigenvalue weighted by atomic mass is 16.6. The number of nitrogens with zero attached hydrogens (tertiary/aromatic N) is 1. The van der Waals surface area contributed by atoms with Gasteiger partial charge >= 0.3 is 5.97 Å². The van der Waals surface area contributed by atoms with Gasteiger partial charge in [-0.05, 0) is 52.9 Å². The maximum absolute atomic E-state index is 10.8. The van der Waals surface area contributed by atoms with E-state index in [1.54, 1.807) is 31.4 Å². The molecule has 166 valence electrons. The maximum atomic E-state index is 10.8. The van der Waals surface area contributed by atoms with Crippen molar-refractivity contribution in [2.45, 2.75) is 19.8 Å². The SMILES string of the molecule is CC/C(=N\OCCOc1cccc(CC(=O)O)c1)c1ccc(-c2ccc(OC)cc2)cc1. The quantitative estimate of drug-likeness (QED) is 0.256. The Morgan fingerprint density at radius 2 is 1.59 bits per heavy atom. The van der Waals surface area contributed by atoms with Gasteiger partial charge in [0.05, 0.1) is 19.2 Å². The number of rotatable bonds is 11. The van der Waals surface area contributed by atoms with Crippen LogP contribution in [0.4, 0.5) is 0 Å². The molecule has 0 spiro atoms. The lowest BCUT2D eigenvalue weighted by Crippen LogP contribution is -2.07. The van der Waals surface area contributed by atoms with E-state index in [4.69, 9.17) is 19.4 Å². The molecule has 0 bridgehead atoms. The van der Waals surface area contributed by atoms with Gasteiger partial charge in [-0.25, -0.2) is 0 Å². The average molecular weight is 434 g/mol. The van der Waals surface area contributed by atoms with Crippen LogP contribution in [0.1, 0.15) is 24.5 Å². The Morgan fingerprint density at radius 3 is 2.22 bits per heavy atom. The summed E-state index contributed by atoms with van der Waals surface area (Å²) >= 11 is 0. The van der Waals surface area contributed by atoms with Crippen LogP contribution in [0, 0.1) is 0 Å². The topological polar surface area (TPSA) is 77.4 Å². The average Bonchev–Trinajstić information content (AvgIpc) is 2.81. The number of methoxy groups -OCH3 is 1. The molecule has 0 aliphatic rings. The molecule has 0 saturated carbocycles. The minimum absolute atomic E-state index is 0.0326. The number of ether oxygens (including phenoxy) is 2. The lowest BCUT2D eigenvalue weighted by molar-refractivity contribution is -0.136. The second kappa shape index (κ2) is 11.6. The molecule has 1 N–H and O–H groups in total. The molecule has 0 saturated heterocycles. The van der Waals surface area contributed by atoms with E-state index in [1.165, 1.54) is 0 Å². The Balaban J connectivity index is 1.53. The summed E-state index contributed by atoms with van der Waals surface area (Å²) in [5, 5.41) is 13.2. The Kier molecular flexibility index (Phi) is 8.26. The highest BCUT2D eigenvalue weighted by molar-refractivity contribution is 6.00. The molecule has 32 heavy (non-hydrogen) atoms. The first kappa shape index (κ1) is 22.9. The fourth-order valence-corrected chi connectivity index (χ4v) is 3.20. The number of carbonyl (C=O) groups is 1. The predicted octanol–water partition coefficient (Wildman–Crippen LogP) is 5.20. The smallest absolute Gasteiger partial charge is 0.307 e. The Hall–Kier alpha value is -3.80. The monoisotopic (exact) mass is 433 g/mol. The van der Waals surface area contributed by atoms with Crippen LogP contribution in [-0.4, -0.2) is 37.1 Å². The number of hydrogen-bond donors (Lipinski definition) is 1. The first-order valence-electron chi connectivity index (χ1n) is 10.5. The van der Waals surface area contributed by atoms with Gasteiger partial charge in [0.2, 0.25) is 0 Å². The minimum atomic E-state index is -0.871. The summed E-state index contributed by atoms with van der Waals surface area (Å²) < 4.78 is 10.8. The number of aliphatic carboxylic acids is 1. The zero-order valence-corrected chi connectivity index (χ0v) is 18.3. The Morgan fingerprint density at radius 1 is 0.906 bits per heavy atom. The number of hydrogen-bond acceptors (Lipinski definition) is 5. The molecule has 6 heteroatoms. The van der Waals surface area contributed by atoms with E-state index < -0.39 is 5.97 Å². The van der Waals surface area contributed by atoms with Gasteiger partial charge in [0.15, 0.2) is 6.61 Å². The predicted molar refractivity (Wildman–Crippen MR) is 124 cm³/mol. The fraction of sp³-hybridized carbons (Fsp3) is 0.231. The van der Waals surface area contributed by atoms with E-state index in [0.29, 0.717) is 17.9 Å². The van der Waals surface area contributed by atoms with Crippen LogP contribution in [0.15, 0.2) is 78.0 Å². The highest BCUT2D eigenvalue weighted by Crippen LogP contribution is 2.23. The van der Waals surface area contributed by atoms with Crippen molar-refractivity contribution >= 4 is 11.7 Å². The van der Waals surface area contributed by atoms with Crippen LogP contribution < -0.4 is 9.47 Å². The summed E-state index contributed by atoms with van der Waals surface area (Å²) in [6.45, 7) is 2.63. The molecule has 6 nitrogen and oxygen atoms in total. The summed E-state index contributed by atoms with van der Waals surface area (Å²) in [4.78, 5) is 16.3. The molecule has 0 aromatic heterocycles. The van der Waals surface area contributed by atoms with Crippen LogP contribution in [0.2, 0.25) is 0 Å². The van der Waals surface area contributed by atoms with Gasteiger partial charge < -0.3 is 19.4 Å². The number of carboxylic acid groups (broad SMARTS) is 1. The second-order valence-electron chi connectivity index (χ2n) is 7.10. The molecular weight excluding hydrogens is 406 g/mol. The molecule has 3 rings (SSSR count). The lowest BCUT2D eigenvalue weighted by Gasteiger charge is -2.09. The van der Waals surface area contributed by atoms with E-state index >= 15 is 0 Å². The first-order chi connectivity index (χ1) is 15.6. The van der Waals surface area contributed by atoms with Gasteiger partial charge in [0, 0.05) is 0 Å². The first-order valence-corrected chi connectivity index (χ1v) is 10.5. The Labute approximate surface area is 188 Å². The summed E-state index contributed by atoms with van der Waals surface area (Å²) in [6.07, 6.45) is 0.703. The van der Waals surface area contributed by atoms with E-state index in [2.05, 4.69) is 17.3 Å². The van der Waals surface area contributed by atoms with Crippen molar-refractivity contribution in [1.29, 1.82) is 0 Å². The van der Waals surface area contributed by atoms with Crippen LogP contribution in [0.5, 0.6) is 11.5 Å². The summed E-state index contributed by atoms with van der Waals surface area (Å²) in [7, 11) is 1.66. The molecule has 3 aromatic carbocycles. The molecule has 0 atom stereocenters. The molecule has 0 heterocycles. The summed E-state index contributed by atoms with van der Waals surface area (Å²) in [5.74, 6) is 0.574. The largest absolute Gasteiger partial charge is 0.497 e. The van der Waals surface area contributed by atoms with Crippen molar-refractivity contribution in [1.82, 2.24) is 0 Å². The van der Waals surface area contributed by atoms with Crippen molar-refractivity contribution in [3.63, 3.8) is 0 Å². The van der Waals surface area contributed by atoms with Crippen molar-refractivity contribution in [2.24, 2.45) is 5.16 Å². The van der Waals surface area contributed by atoms with Crippen LogP contribution in [-0.2, 0) is 16.1 Å². The minimum Gasteiger partial charge on any atom is -0.497 e. The fourth-order valence-electron chi connectivity index (χ4n) is 3.20. The van der Waals surface area contributed by atoms with Crippen molar-refractivity contribution in [3.05, 3.63) is 83.9 Å². The highest BCUT2D eigenvalue weighted by Gasteiger charge is 2.05. The molecular formula is C26H27NO5. The molecule has 0 amide bonds. The van der Waals surface area contributed by atoms with Crippen LogP contribution >= 0.6 is 0 Å². The molecule has 0 unspecified atom stereocenters. The standard InChI is InChI=1S/C26H27NO5/c1-3-25(22-9-7-20(8-10-22)21-11-13-23(30-2)14-12-21)27-32-16-15-31-24-6-4-5-19(17-24)18-26(28)29/h4-14,17H,3,15-16,18H2,1-2H3,(H,28,29)/b27-25+. The van der Waals surface area contributed by atoms with Gasteiger partial charge in [-0.1, -0.05) is 60.6 Å². The molecule has 0 aliphatic heterocycles. The molecule has 0 fully saturated rings. The van der Waals surface area contributed by atoms with Gasteiger partial charge in [-0.2, -0.15) is 0 Å². The normalized spacial score (nSPS) is 11.1. The number of benzene rings is 3. The van der Waals surface area contributed by atoms with E-state index in [1.807, 2.05) is 43.3 Å². The zero-order valence-electron chi connectivity index (χ0n) is 18.3.